The van der Waals surface area contributed by atoms with Crippen molar-refractivity contribution in [3.05, 3.63) is 32.7 Å². The molecule has 0 aliphatic carbocycles. The van der Waals surface area contributed by atoms with Gasteiger partial charge in [0.1, 0.15) is 5.01 Å². The number of benzene rings is 1. The molecule has 0 spiro atoms. The van der Waals surface area contributed by atoms with Crippen LogP contribution in [-0.4, -0.2) is 22.7 Å². The predicted molar refractivity (Wildman–Crippen MR) is 113 cm³/mol. The number of aromatic nitrogens is 2. The van der Waals surface area contributed by atoms with Gasteiger partial charge >= 0.3 is 0 Å². The molecule has 1 heterocycles. The van der Waals surface area contributed by atoms with E-state index in [9.17, 15) is 4.79 Å². The van der Waals surface area contributed by atoms with Crippen LogP contribution in [0.2, 0.25) is 10.0 Å². The van der Waals surface area contributed by atoms with Crippen molar-refractivity contribution in [2.24, 2.45) is 5.92 Å². The molecule has 1 aromatic carbocycles. The zero-order chi connectivity index (χ0) is 19.8. The van der Waals surface area contributed by atoms with Crippen LogP contribution in [0.5, 0.6) is 5.75 Å². The van der Waals surface area contributed by atoms with Gasteiger partial charge < -0.3 is 4.74 Å². The molecule has 0 bridgehead atoms. The molecule has 148 valence electrons. The Kier molecular flexibility index (Phi) is 8.80. The number of nitrogens with one attached hydrogen (secondary N) is 1. The average Bonchev–Trinajstić information content (AvgIpc) is 3.02. The fraction of sp³-hybridized carbons (Fsp3) is 0.526. The van der Waals surface area contributed by atoms with E-state index in [1.165, 1.54) is 24.2 Å². The Bertz CT molecular complexity index is 742. The molecule has 0 fully saturated rings. The Morgan fingerprint density at radius 2 is 1.89 bits per heavy atom. The number of nitrogens with zero attached hydrogens (tertiary/aromatic N) is 2. The first-order valence-electron chi connectivity index (χ1n) is 9.16. The van der Waals surface area contributed by atoms with E-state index in [4.69, 9.17) is 27.9 Å². The Balaban J connectivity index is 1.99. The second-order valence-electron chi connectivity index (χ2n) is 6.73. The van der Waals surface area contributed by atoms with E-state index in [2.05, 4.69) is 36.3 Å². The lowest BCUT2D eigenvalue weighted by molar-refractivity contribution is 0.102. The molecule has 27 heavy (non-hydrogen) atoms. The number of unbranched alkanes of at least 4 members (excludes halogenated alkanes) is 3. The number of carbonyl (C=O) groups excluding carboxylic acids is 1. The van der Waals surface area contributed by atoms with Gasteiger partial charge in [-0.1, -0.05) is 74.6 Å². The van der Waals surface area contributed by atoms with Crippen LogP contribution < -0.4 is 10.1 Å². The third-order valence-corrected chi connectivity index (χ3v) is 5.20. The molecule has 0 aliphatic heterocycles. The van der Waals surface area contributed by atoms with Crippen LogP contribution in [0, 0.1) is 5.92 Å². The zero-order valence-electron chi connectivity index (χ0n) is 15.8. The SMILES string of the molecule is CCCCCCOc1c(Cl)cc(C(=O)Nc2nnc(CC(C)C)s2)cc1Cl. The van der Waals surface area contributed by atoms with Gasteiger partial charge in [0.05, 0.1) is 16.7 Å². The van der Waals surface area contributed by atoms with Gasteiger partial charge in [-0.05, 0) is 24.5 Å². The highest BCUT2D eigenvalue weighted by Gasteiger charge is 2.16. The van der Waals surface area contributed by atoms with E-state index in [0.29, 0.717) is 39.0 Å². The standard InChI is InChI=1S/C19H25Cl2N3O2S/c1-4-5-6-7-8-26-17-14(20)10-13(11-15(17)21)18(25)22-19-24-23-16(27-19)9-12(2)3/h10-12H,4-9H2,1-3H3,(H,22,24,25). The summed E-state index contributed by atoms with van der Waals surface area (Å²) in [5.41, 5.74) is 0.351. The summed E-state index contributed by atoms with van der Waals surface area (Å²) in [5.74, 6) is 0.565. The summed E-state index contributed by atoms with van der Waals surface area (Å²) in [7, 11) is 0. The third-order valence-electron chi connectivity index (χ3n) is 3.77. The van der Waals surface area contributed by atoms with Crippen molar-refractivity contribution in [2.75, 3.05) is 11.9 Å². The second kappa shape index (κ2) is 10.8. The van der Waals surface area contributed by atoms with Crippen molar-refractivity contribution in [3.8, 4) is 5.75 Å². The Labute approximate surface area is 174 Å². The predicted octanol–water partition coefficient (Wildman–Crippen LogP) is 6.25. The van der Waals surface area contributed by atoms with E-state index in [-0.39, 0.29) is 5.91 Å². The second-order valence-corrected chi connectivity index (χ2v) is 8.61. The maximum absolute atomic E-state index is 12.5. The van der Waals surface area contributed by atoms with Gasteiger partial charge in [-0.2, -0.15) is 0 Å². The first kappa shape index (κ1) is 21.9. The van der Waals surface area contributed by atoms with Crippen molar-refractivity contribution in [1.82, 2.24) is 10.2 Å². The van der Waals surface area contributed by atoms with Crippen LogP contribution in [0.3, 0.4) is 0 Å². The smallest absolute Gasteiger partial charge is 0.257 e. The van der Waals surface area contributed by atoms with Crippen molar-refractivity contribution >= 4 is 45.6 Å². The van der Waals surface area contributed by atoms with Crippen molar-refractivity contribution < 1.29 is 9.53 Å². The normalized spacial score (nSPS) is 11.0. The molecular weight excluding hydrogens is 405 g/mol. The van der Waals surface area contributed by atoms with Gasteiger partial charge in [-0.15, -0.1) is 10.2 Å². The third kappa shape index (κ3) is 6.94. The van der Waals surface area contributed by atoms with Crippen LogP contribution in [0.4, 0.5) is 5.13 Å². The van der Waals surface area contributed by atoms with Crippen molar-refractivity contribution in [2.45, 2.75) is 52.9 Å². The minimum absolute atomic E-state index is 0.320. The Hall–Kier alpha value is -1.37. The number of hydrogen-bond donors (Lipinski definition) is 1. The van der Waals surface area contributed by atoms with Gasteiger partial charge in [-0.25, -0.2) is 0 Å². The highest BCUT2D eigenvalue weighted by Crippen LogP contribution is 2.34. The maximum Gasteiger partial charge on any atom is 0.257 e. The van der Waals surface area contributed by atoms with Crippen LogP contribution in [0.25, 0.3) is 0 Å². The van der Waals surface area contributed by atoms with E-state index >= 15 is 0 Å². The molecule has 2 rings (SSSR count). The molecule has 0 radical (unpaired) electrons. The van der Waals surface area contributed by atoms with Gasteiger partial charge in [0.2, 0.25) is 5.13 Å². The summed E-state index contributed by atoms with van der Waals surface area (Å²) in [5, 5.41) is 12.8. The summed E-state index contributed by atoms with van der Waals surface area (Å²) in [6.07, 6.45) is 5.22. The van der Waals surface area contributed by atoms with E-state index in [1.807, 2.05) is 0 Å². The number of halogens is 2. The number of rotatable bonds is 10. The summed E-state index contributed by atoms with van der Waals surface area (Å²) >= 11 is 13.9. The summed E-state index contributed by atoms with van der Waals surface area (Å²) < 4.78 is 5.69. The fourth-order valence-electron chi connectivity index (χ4n) is 2.44. The zero-order valence-corrected chi connectivity index (χ0v) is 18.2. The van der Waals surface area contributed by atoms with Crippen LogP contribution in [0.1, 0.15) is 61.8 Å². The van der Waals surface area contributed by atoms with Crippen LogP contribution in [0.15, 0.2) is 12.1 Å². The quantitative estimate of drug-likeness (QED) is 0.452. The molecule has 1 N–H and O–H groups in total. The number of carbonyl (C=O) groups is 1. The lowest BCUT2D eigenvalue weighted by Gasteiger charge is -2.11. The fourth-order valence-corrected chi connectivity index (χ4v) is 3.98. The molecular formula is C19H25Cl2N3O2S. The highest BCUT2D eigenvalue weighted by atomic mass is 35.5. The number of anilines is 1. The number of ether oxygens (including phenoxy) is 1. The molecule has 1 aromatic heterocycles. The molecule has 0 unspecified atom stereocenters. The summed E-state index contributed by atoms with van der Waals surface area (Å²) in [6, 6.07) is 3.11. The molecule has 2 aromatic rings. The van der Waals surface area contributed by atoms with Gasteiger partial charge in [0, 0.05) is 12.0 Å². The monoisotopic (exact) mass is 429 g/mol. The topological polar surface area (TPSA) is 64.1 Å². The Morgan fingerprint density at radius 3 is 2.52 bits per heavy atom. The first-order chi connectivity index (χ1) is 12.9. The minimum atomic E-state index is -0.333. The molecule has 5 nitrogen and oxygen atoms in total. The van der Waals surface area contributed by atoms with E-state index < -0.39 is 0 Å². The highest BCUT2D eigenvalue weighted by molar-refractivity contribution is 7.15. The number of amides is 1. The first-order valence-corrected chi connectivity index (χ1v) is 10.7. The van der Waals surface area contributed by atoms with E-state index in [0.717, 1.165) is 24.3 Å². The van der Waals surface area contributed by atoms with Gasteiger partial charge in [0.25, 0.3) is 5.91 Å². The lowest BCUT2D eigenvalue weighted by Crippen LogP contribution is -2.12. The molecule has 0 saturated carbocycles. The van der Waals surface area contributed by atoms with Crippen molar-refractivity contribution in [1.29, 1.82) is 0 Å². The Morgan fingerprint density at radius 1 is 1.19 bits per heavy atom. The summed E-state index contributed by atoms with van der Waals surface area (Å²) in [6.45, 7) is 6.92. The molecule has 0 atom stereocenters. The van der Waals surface area contributed by atoms with Crippen LogP contribution >= 0.6 is 34.5 Å². The van der Waals surface area contributed by atoms with Crippen molar-refractivity contribution in [3.63, 3.8) is 0 Å². The largest absolute Gasteiger partial charge is 0.490 e. The summed E-state index contributed by atoms with van der Waals surface area (Å²) in [4.78, 5) is 12.5. The molecule has 0 aliphatic rings. The molecule has 8 heteroatoms. The minimum Gasteiger partial charge on any atom is -0.490 e. The average molecular weight is 430 g/mol. The van der Waals surface area contributed by atoms with Gasteiger partial charge in [-0.3, -0.25) is 10.1 Å². The maximum atomic E-state index is 12.5. The lowest BCUT2D eigenvalue weighted by atomic mass is 10.1. The van der Waals surface area contributed by atoms with E-state index in [1.54, 1.807) is 12.1 Å². The number of hydrogen-bond acceptors (Lipinski definition) is 5. The van der Waals surface area contributed by atoms with Gasteiger partial charge in [0.15, 0.2) is 5.75 Å². The molecule has 0 saturated heterocycles. The molecule has 1 amide bonds. The van der Waals surface area contributed by atoms with Crippen LogP contribution in [-0.2, 0) is 6.42 Å².